The number of nitrogens with one attached hydrogen (secondary N) is 4. The zero-order chi connectivity index (χ0) is 39.7. The van der Waals surface area contributed by atoms with Gasteiger partial charge in [-0.15, -0.1) is 6.58 Å². The van der Waals surface area contributed by atoms with E-state index in [1.54, 1.807) is 18.7 Å². The Kier molecular flexibility index (Phi) is 12.7. The van der Waals surface area contributed by atoms with Gasteiger partial charge in [0.2, 0.25) is 17.6 Å². The summed E-state index contributed by atoms with van der Waals surface area (Å²) in [6, 6.07) is -3.39. The van der Waals surface area contributed by atoms with Gasteiger partial charge < -0.3 is 26.2 Å². The first-order chi connectivity index (χ1) is 25.3. The second kappa shape index (κ2) is 16.3. The van der Waals surface area contributed by atoms with E-state index in [2.05, 4.69) is 41.7 Å². The van der Waals surface area contributed by atoms with Gasteiger partial charge >= 0.3 is 6.03 Å². The number of fused-ring (bicyclic) bond motifs is 1. The summed E-state index contributed by atoms with van der Waals surface area (Å²) in [5.41, 5.74) is -1.73. The SMILES string of the molecule is C=CCNC(=O)C(=O)C(CC1CCC1)NC(=O)[C@@H]1C2C(CN1C(=O)[C@@H](NC(=O)NC1(CS(=O)(=O)C(C)(C)CC)CCCCC1)C1(C)CCCCC1)C2(C)C. The second-order valence-corrected chi connectivity index (χ2v) is 21.4. The molecule has 1 heterocycles. The van der Waals surface area contributed by atoms with Crippen molar-refractivity contribution in [2.24, 2.45) is 28.6 Å². The third-order valence-corrected chi connectivity index (χ3v) is 17.3. The molecule has 0 aromatic heterocycles. The molecule has 4 aliphatic carbocycles. The first-order valence-electron chi connectivity index (χ1n) is 20.7. The number of carbonyl (C=O) groups excluding carboxylic acids is 5. The Morgan fingerprint density at radius 1 is 0.907 bits per heavy atom. The van der Waals surface area contributed by atoms with Gasteiger partial charge in [-0.25, -0.2) is 13.2 Å². The summed E-state index contributed by atoms with van der Waals surface area (Å²) >= 11 is 0. The summed E-state index contributed by atoms with van der Waals surface area (Å²) in [6.45, 7) is 15.6. The summed E-state index contributed by atoms with van der Waals surface area (Å²) < 4.78 is 26.4. The van der Waals surface area contributed by atoms with E-state index in [0.717, 1.165) is 57.8 Å². The molecule has 5 rings (SSSR count). The standard InChI is InChI=1S/C41H67N5O7S/c1-8-23-42-35(49)32(47)29(24-27-17-16-18-27)43-34(48)31-30-28(39(30,5)6)25-46(31)36(50)33(40(7)19-12-10-13-20-40)44-37(51)45-41(21-14-11-15-22-41)26-54(52,53)38(3,4)9-2/h8,27-31,33H,1,9-26H2,2-7H3,(H,42,49)(H,43,48)(H2,44,45,51)/t28?,29?,30?,31-,33+/m0/s1. The molecule has 5 atom stereocenters. The van der Waals surface area contributed by atoms with E-state index in [1.165, 1.54) is 6.08 Å². The molecular formula is C41H67N5O7S. The lowest BCUT2D eigenvalue weighted by Gasteiger charge is -2.44. The van der Waals surface area contributed by atoms with Gasteiger partial charge in [0.1, 0.15) is 12.1 Å². The molecule has 4 N–H and O–H groups in total. The molecule has 4 saturated carbocycles. The van der Waals surface area contributed by atoms with Crippen molar-refractivity contribution >= 4 is 39.4 Å². The number of amides is 5. The molecule has 12 nitrogen and oxygen atoms in total. The van der Waals surface area contributed by atoms with Crippen molar-refractivity contribution in [2.75, 3.05) is 18.8 Å². The molecule has 0 bridgehead atoms. The van der Waals surface area contributed by atoms with E-state index < -0.39 is 67.3 Å². The zero-order valence-electron chi connectivity index (χ0n) is 33.7. The van der Waals surface area contributed by atoms with Gasteiger partial charge in [-0.3, -0.25) is 19.2 Å². The van der Waals surface area contributed by atoms with Crippen molar-refractivity contribution in [3.8, 4) is 0 Å². The van der Waals surface area contributed by atoms with Gasteiger partial charge in [0, 0.05) is 13.1 Å². The number of nitrogens with zero attached hydrogens (tertiary/aromatic N) is 1. The minimum Gasteiger partial charge on any atom is -0.346 e. The Morgan fingerprint density at radius 2 is 1.52 bits per heavy atom. The number of hydrogen-bond acceptors (Lipinski definition) is 7. The van der Waals surface area contributed by atoms with E-state index >= 15 is 0 Å². The maximum Gasteiger partial charge on any atom is 0.315 e. The van der Waals surface area contributed by atoms with Crippen LogP contribution in [-0.4, -0.2) is 90.1 Å². The van der Waals surface area contributed by atoms with Crippen molar-refractivity contribution < 1.29 is 32.4 Å². The lowest BCUT2D eigenvalue weighted by Crippen LogP contribution is -2.65. The normalized spacial score (nSPS) is 26.9. The van der Waals surface area contributed by atoms with Crippen LogP contribution in [-0.2, 0) is 29.0 Å². The number of likely N-dealkylation sites (tertiary alicyclic amines) is 1. The quantitative estimate of drug-likeness (QED) is 0.127. The van der Waals surface area contributed by atoms with Gasteiger partial charge in [0.25, 0.3) is 5.91 Å². The van der Waals surface area contributed by atoms with Gasteiger partial charge in [-0.2, -0.15) is 0 Å². The van der Waals surface area contributed by atoms with Gasteiger partial charge in [0.15, 0.2) is 9.84 Å². The van der Waals surface area contributed by atoms with Crippen LogP contribution in [0, 0.1) is 28.6 Å². The van der Waals surface area contributed by atoms with E-state index in [-0.39, 0.29) is 41.4 Å². The highest BCUT2D eigenvalue weighted by atomic mass is 32.2. The summed E-state index contributed by atoms with van der Waals surface area (Å²) in [6.07, 6.45) is 13.1. The molecule has 1 aliphatic heterocycles. The zero-order valence-corrected chi connectivity index (χ0v) is 34.5. The van der Waals surface area contributed by atoms with Crippen molar-refractivity contribution in [3.63, 3.8) is 0 Å². The Labute approximate surface area is 323 Å². The maximum absolute atomic E-state index is 15.0. The van der Waals surface area contributed by atoms with Crippen LogP contribution in [0.3, 0.4) is 0 Å². The summed E-state index contributed by atoms with van der Waals surface area (Å²) in [7, 11) is -3.58. The average molecular weight is 774 g/mol. The Bertz CT molecular complexity index is 1560. The second-order valence-electron chi connectivity index (χ2n) is 18.8. The molecule has 0 aromatic rings. The van der Waals surface area contributed by atoms with Crippen molar-refractivity contribution in [1.82, 2.24) is 26.2 Å². The lowest BCUT2D eigenvalue weighted by atomic mass is 9.70. The number of Topliss-reactive ketones (excluding diaryl/α,β-unsaturated/α-hetero) is 1. The van der Waals surface area contributed by atoms with E-state index in [9.17, 15) is 32.4 Å². The van der Waals surface area contributed by atoms with Gasteiger partial charge in [0.05, 0.1) is 22.1 Å². The van der Waals surface area contributed by atoms with Crippen LogP contribution in [0.1, 0.15) is 138 Å². The lowest BCUT2D eigenvalue weighted by molar-refractivity contribution is -0.146. The number of ketones is 1. The number of urea groups is 1. The fraction of sp³-hybridized carbons (Fsp3) is 0.829. The fourth-order valence-corrected chi connectivity index (χ4v) is 11.8. The number of sulfone groups is 1. The van der Waals surface area contributed by atoms with Crippen LogP contribution in [0.25, 0.3) is 0 Å². The van der Waals surface area contributed by atoms with E-state index in [4.69, 9.17) is 0 Å². The Balaban J connectivity index is 1.40. The number of hydrogen-bond donors (Lipinski definition) is 4. The van der Waals surface area contributed by atoms with Gasteiger partial charge in [-0.05, 0) is 81.0 Å². The largest absolute Gasteiger partial charge is 0.346 e. The predicted molar refractivity (Wildman–Crippen MR) is 209 cm³/mol. The molecule has 0 spiro atoms. The Morgan fingerprint density at radius 3 is 2.07 bits per heavy atom. The Hall–Kier alpha value is -2.96. The molecule has 0 aromatic carbocycles. The van der Waals surface area contributed by atoms with Crippen molar-refractivity contribution in [1.29, 1.82) is 0 Å². The van der Waals surface area contributed by atoms with Crippen LogP contribution < -0.4 is 21.3 Å². The number of rotatable bonds is 16. The molecule has 5 amide bonds. The minimum atomic E-state index is -3.58. The van der Waals surface area contributed by atoms with E-state index in [1.807, 2.05) is 13.8 Å². The molecule has 5 fully saturated rings. The van der Waals surface area contributed by atoms with Crippen molar-refractivity contribution in [2.45, 2.75) is 166 Å². The van der Waals surface area contributed by atoms with Crippen LogP contribution in [0.5, 0.6) is 0 Å². The molecule has 1 saturated heterocycles. The van der Waals surface area contributed by atoms with E-state index in [0.29, 0.717) is 45.1 Å². The number of carbonyl (C=O) groups is 5. The first-order valence-corrected chi connectivity index (χ1v) is 22.3. The molecule has 0 radical (unpaired) electrons. The summed E-state index contributed by atoms with van der Waals surface area (Å²) in [5.74, 6) is -2.26. The van der Waals surface area contributed by atoms with Crippen LogP contribution >= 0.6 is 0 Å². The van der Waals surface area contributed by atoms with Crippen LogP contribution in [0.15, 0.2) is 12.7 Å². The first kappa shape index (κ1) is 42.2. The maximum atomic E-state index is 15.0. The molecule has 304 valence electrons. The molecule has 13 heteroatoms. The predicted octanol–water partition coefficient (Wildman–Crippen LogP) is 4.96. The third kappa shape index (κ3) is 8.70. The topological polar surface area (TPSA) is 171 Å². The fourth-order valence-electron chi connectivity index (χ4n) is 9.84. The highest BCUT2D eigenvalue weighted by Crippen LogP contribution is 2.65. The minimum absolute atomic E-state index is 0.0696. The number of piperidine rings is 1. The van der Waals surface area contributed by atoms with Crippen molar-refractivity contribution in [3.05, 3.63) is 12.7 Å². The summed E-state index contributed by atoms with van der Waals surface area (Å²) in [4.78, 5) is 71.4. The highest BCUT2D eigenvalue weighted by Gasteiger charge is 2.70. The average Bonchev–Trinajstić information content (AvgIpc) is 3.40. The molecular weight excluding hydrogens is 707 g/mol. The smallest absolute Gasteiger partial charge is 0.315 e. The van der Waals surface area contributed by atoms with Crippen LogP contribution in [0.2, 0.25) is 0 Å². The molecule has 54 heavy (non-hydrogen) atoms. The highest BCUT2D eigenvalue weighted by molar-refractivity contribution is 7.92. The molecule has 5 aliphatic rings. The third-order valence-electron chi connectivity index (χ3n) is 14.4. The summed E-state index contributed by atoms with van der Waals surface area (Å²) in [5, 5.41) is 11.7. The van der Waals surface area contributed by atoms with Gasteiger partial charge in [-0.1, -0.05) is 91.6 Å². The van der Waals surface area contributed by atoms with Crippen LogP contribution in [0.4, 0.5) is 4.79 Å². The monoisotopic (exact) mass is 773 g/mol. The molecule has 3 unspecified atom stereocenters.